The maximum atomic E-state index is 12.0. The number of amides is 1. The van der Waals surface area contributed by atoms with Crippen molar-refractivity contribution in [2.75, 3.05) is 19.6 Å². The van der Waals surface area contributed by atoms with E-state index in [9.17, 15) is 4.79 Å². The quantitative estimate of drug-likeness (QED) is 0.791. The molecule has 2 fully saturated rings. The van der Waals surface area contributed by atoms with E-state index >= 15 is 0 Å². The third kappa shape index (κ3) is 2.97. The van der Waals surface area contributed by atoms with Gasteiger partial charge in [0.15, 0.2) is 0 Å². The minimum absolute atomic E-state index is 0.399. The van der Waals surface area contributed by atoms with Crippen LogP contribution in [-0.4, -0.2) is 30.4 Å². The zero-order chi connectivity index (χ0) is 11.4. The van der Waals surface area contributed by atoms with Crippen molar-refractivity contribution in [3.63, 3.8) is 0 Å². The molecule has 0 aromatic rings. The van der Waals surface area contributed by atoms with Gasteiger partial charge in [-0.1, -0.05) is 6.42 Å². The van der Waals surface area contributed by atoms with Gasteiger partial charge in [-0.05, 0) is 50.5 Å². The van der Waals surface area contributed by atoms with Crippen LogP contribution in [0, 0.1) is 11.8 Å². The monoisotopic (exact) mass is 224 g/mol. The molecule has 1 saturated heterocycles. The minimum Gasteiger partial charge on any atom is -0.343 e. The van der Waals surface area contributed by atoms with Gasteiger partial charge in [-0.2, -0.15) is 0 Å². The Morgan fingerprint density at radius 3 is 2.31 bits per heavy atom. The van der Waals surface area contributed by atoms with Crippen LogP contribution in [0.4, 0.5) is 0 Å². The summed E-state index contributed by atoms with van der Waals surface area (Å²) in [7, 11) is 0. The second kappa shape index (κ2) is 5.67. The summed E-state index contributed by atoms with van der Waals surface area (Å²) >= 11 is 0. The highest BCUT2D eigenvalue weighted by Crippen LogP contribution is 2.30. The first-order valence-corrected chi connectivity index (χ1v) is 6.77. The number of nitrogens with zero attached hydrogens (tertiary/aromatic N) is 1. The fourth-order valence-electron chi connectivity index (χ4n) is 2.78. The molecule has 3 nitrogen and oxygen atoms in total. The van der Waals surface area contributed by atoms with E-state index in [-0.39, 0.29) is 0 Å². The van der Waals surface area contributed by atoms with Crippen LogP contribution in [0.15, 0.2) is 0 Å². The van der Waals surface area contributed by atoms with Crippen molar-refractivity contribution < 1.29 is 4.79 Å². The Bertz CT molecular complexity index is 230. The third-order valence-electron chi connectivity index (χ3n) is 4.23. The van der Waals surface area contributed by atoms with Crippen molar-refractivity contribution in [1.82, 2.24) is 4.90 Å². The Balaban J connectivity index is 1.68. The van der Waals surface area contributed by atoms with Crippen LogP contribution >= 0.6 is 0 Å². The average Bonchev–Trinajstić information content (AvgIpc) is 2.25. The predicted octanol–water partition coefficient (Wildman–Crippen LogP) is 1.76. The molecule has 0 unspecified atom stereocenters. The van der Waals surface area contributed by atoms with E-state index in [4.69, 9.17) is 5.73 Å². The highest BCUT2D eigenvalue weighted by Gasteiger charge is 2.26. The van der Waals surface area contributed by atoms with Crippen molar-refractivity contribution in [2.24, 2.45) is 17.6 Å². The lowest BCUT2D eigenvalue weighted by molar-refractivity contribution is -0.134. The molecule has 0 atom stereocenters. The fourth-order valence-corrected chi connectivity index (χ4v) is 2.78. The summed E-state index contributed by atoms with van der Waals surface area (Å²) in [6.07, 6.45) is 8.13. The molecule has 1 heterocycles. The predicted molar refractivity (Wildman–Crippen MR) is 64.9 cm³/mol. The summed E-state index contributed by atoms with van der Waals surface area (Å²) in [6.45, 7) is 2.73. The van der Waals surface area contributed by atoms with Gasteiger partial charge in [-0.15, -0.1) is 0 Å². The third-order valence-corrected chi connectivity index (χ3v) is 4.23. The van der Waals surface area contributed by atoms with Gasteiger partial charge in [0, 0.05) is 19.5 Å². The second-order valence-electron chi connectivity index (χ2n) is 5.40. The molecule has 2 aliphatic rings. The van der Waals surface area contributed by atoms with E-state index in [0.29, 0.717) is 11.8 Å². The lowest BCUT2D eigenvalue weighted by Crippen LogP contribution is -2.40. The Morgan fingerprint density at radius 2 is 1.81 bits per heavy atom. The van der Waals surface area contributed by atoms with Crippen LogP contribution in [0.1, 0.15) is 44.9 Å². The summed E-state index contributed by atoms with van der Waals surface area (Å²) in [5, 5.41) is 0. The molecule has 0 aromatic heterocycles. The fraction of sp³-hybridized carbons (Fsp3) is 0.923. The van der Waals surface area contributed by atoms with Crippen LogP contribution in [-0.2, 0) is 4.79 Å². The Morgan fingerprint density at radius 1 is 1.12 bits per heavy atom. The number of hydrogen-bond donors (Lipinski definition) is 1. The second-order valence-corrected chi connectivity index (χ2v) is 5.40. The van der Waals surface area contributed by atoms with Crippen LogP contribution in [0.2, 0.25) is 0 Å². The van der Waals surface area contributed by atoms with Gasteiger partial charge >= 0.3 is 0 Å². The topological polar surface area (TPSA) is 46.3 Å². The van der Waals surface area contributed by atoms with Crippen molar-refractivity contribution in [3.8, 4) is 0 Å². The Kier molecular flexibility index (Phi) is 4.22. The summed E-state index contributed by atoms with van der Waals surface area (Å²) in [4.78, 5) is 14.0. The molecule has 0 spiro atoms. The number of hydrogen-bond acceptors (Lipinski definition) is 2. The summed E-state index contributed by atoms with van der Waals surface area (Å²) < 4.78 is 0. The van der Waals surface area contributed by atoms with E-state index in [1.54, 1.807) is 0 Å². The van der Waals surface area contributed by atoms with Crippen molar-refractivity contribution in [3.05, 3.63) is 0 Å². The van der Waals surface area contributed by atoms with Crippen molar-refractivity contribution in [2.45, 2.75) is 44.9 Å². The van der Waals surface area contributed by atoms with E-state index in [1.807, 2.05) is 0 Å². The highest BCUT2D eigenvalue weighted by molar-refractivity contribution is 5.76. The summed E-state index contributed by atoms with van der Waals surface area (Å²) in [6, 6.07) is 0. The smallest absolute Gasteiger partial charge is 0.222 e. The average molecular weight is 224 g/mol. The number of piperidine rings is 1. The lowest BCUT2D eigenvalue weighted by Gasteiger charge is -2.34. The van der Waals surface area contributed by atoms with Gasteiger partial charge in [0.1, 0.15) is 0 Å². The summed E-state index contributed by atoms with van der Waals surface area (Å²) in [5.74, 6) is 1.86. The van der Waals surface area contributed by atoms with Gasteiger partial charge in [0.05, 0.1) is 0 Å². The molecule has 0 aromatic carbocycles. The van der Waals surface area contributed by atoms with Crippen LogP contribution in [0.25, 0.3) is 0 Å². The van der Waals surface area contributed by atoms with Crippen molar-refractivity contribution in [1.29, 1.82) is 0 Å². The SMILES string of the molecule is NCCC1CCN(C(=O)CC2CCC2)CC1. The number of rotatable bonds is 4. The van der Waals surface area contributed by atoms with E-state index in [1.165, 1.54) is 19.3 Å². The molecule has 1 aliphatic heterocycles. The van der Waals surface area contributed by atoms with Crippen molar-refractivity contribution >= 4 is 5.91 Å². The maximum absolute atomic E-state index is 12.0. The molecule has 1 amide bonds. The van der Waals surface area contributed by atoms with E-state index < -0.39 is 0 Å². The van der Waals surface area contributed by atoms with Crippen LogP contribution < -0.4 is 5.73 Å². The number of likely N-dealkylation sites (tertiary alicyclic amines) is 1. The minimum atomic E-state index is 0.399. The van der Waals surface area contributed by atoms with Gasteiger partial charge in [0.25, 0.3) is 0 Å². The number of carbonyl (C=O) groups is 1. The first-order valence-electron chi connectivity index (χ1n) is 6.77. The normalized spacial score (nSPS) is 23.2. The molecule has 16 heavy (non-hydrogen) atoms. The molecule has 92 valence electrons. The lowest BCUT2D eigenvalue weighted by atomic mass is 9.82. The standard InChI is InChI=1S/C13H24N2O/c14-7-4-11-5-8-15(9-6-11)13(16)10-12-2-1-3-12/h11-12H,1-10,14H2. The Labute approximate surface area is 98.4 Å². The zero-order valence-corrected chi connectivity index (χ0v) is 10.2. The molecule has 0 bridgehead atoms. The van der Waals surface area contributed by atoms with Crippen LogP contribution in [0.3, 0.4) is 0 Å². The first kappa shape index (κ1) is 11.9. The molecule has 1 aliphatic carbocycles. The van der Waals surface area contributed by atoms with E-state index in [2.05, 4.69) is 4.90 Å². The van der Waals surface area contributed by atoms with Gasteiger partial charge < -0.3 is 10.6 Å². The van der Waals surface area contributed by atoms with E-state index in [0.717, 1.165) is 51.2 Å². The first-order chi connectivity index (χ1) is 7.79. The maximum Gasteiger partial charge on any atom is 0.222 e. The molecule has 3 heteroatoms. The molecule has 2 rings (SSSR count). The van der Waals surface area contributed by atoms with Crippen LogP contribution in [0.5, 0.6) is 0 Å². The number of carbonyl (C=O) groups excluding carboxylic acids is 1. The molecular formula is C13H24N2O. The Hall–Kier alpha value is -0.570. The summed E-state index contributed by atoms with van der Waals surface area (Å²) in [5.41, 5.74) is 5.56. The largest absolute Gasteiger partial charge is 0.343 e. The zero-order valence-electron chi connectivity index (χ0n) is 10.2. The van der Waals surface area contributed by atoms with Gasteiger partial charge in [-0.25, -0.2) is 0 Å². The molecule has 1 saturated carbocycles. The molecule has 2 N–H and O–H groups in total. The van der Waals surface area contributed by atoms with Gasteiger partial charge in [0.2, 0.25) is 5.91 Å². The number of nitrogens with two attached hydrogens (primary N) is 1. The highest BCUT2D eigenvalue weighted by atomic mass is 16.2. The molecule has 0 radical (unpaired) electrons. The molecular weight excluding hydrogens is 200 g/mol. The van der Waals surface area contributed by atoms with Gasteiger partial charge in [-0.3, -0.25) is 4.79 Å².